The van der Waals surface area contributed by atoms with Gasteiger partial charge in [0.1, 0.15) is 6.26 Å². The van der Waals surface area contributed by atoms with Gasteiger partial charge in [0.05, 0.1) is 11.6 Å². The van der Waals surface area contributed by atoms with Crippen LogP contribution >= 0.6 is 0 Å². The van der Waals surface area contributed by atoms with Crippen molar-refractivity contribution in [1.29, 1.82) is 0 Å². The first kappa shape index (κ1) is 8.03. The highest BCUT2D eigenvalue weighted by Crippen LogP contribution is 2.60. The Kier molecular flexibility index (Phi) is 1.36. The first-order valence-electron chi connectivity index (χ1n) is 4.85. The Labute approximate surface area is 80.9 Å². The van der Waals surface area contributed by atoms with Crippen molar-refractivity contribution in [3.63, 3.8) is 0 Å². The van der Waals surface area contributed by atoms with E-state index in [-0.39, 0.29) is 0 Å². The van der Waals surface area contributed by atoms with Crippen molar-refractivity contribution in [1.82, 2.24) is 5.16 Å². The third-order valence-corrected chi connectivity index (χ3v) is 3.68. The molecule has 0 aromatic carbocycles. The lowest BCUT2D eigenvalue weighted by Gasteiger charge is -2.23. The molecule has 0 bridgehead atoms. The van der Waals surface area contributed by atoms with Crippen molar-refractivity contribution < 1.29 is 14.4 Å². The van der Waals surface area contributed by atoms with E-state index in [1.165, 1.54) is 12.7 Å². The van der Waals surface area contributed by atoms with Crippen molar-refractivity contribution >= 4 is 5.97 Å². The molecule has 2 unspecified atom stereocenters. The number of hydrogen-bond acceptors (Lipinski definition) is 3. The van der Waals surface area contributed by atoms with Gasteiger partial charge < -0.3 is 9.63 Å². The second kappa shape index (κ2) is 2.38. The average molecular weight is 193 g/mol. The second-order valence-corrected chi connectivity index (χ2v) is 4.46. The fourth-order valence-corrected chi connectivity index (χ4v) is 2.76. The van der Waals surface area contributed by atoms with Gasteiger partial charge in [-0.3, -0.25) is 4.79 Å². The minimum atomic E-state index is -0.729. The molecule has 1 N–H and O–H groups in total. The first-order valence-corrected chi connectivity index (χ1v) is 4.85. The Balaban J connectivity index is 2.01. The predicted octanol–water partition coefficient (Wildman–Crippen LogP) is 1.43. The molecule has 2 aliphatic rings. The van der Waals surface area contributed by atoms with Crippen molar-refractivity contribution in [2.45, 2.75) is 24.7 Å². The maximum Gasteiger partial charge on any atom is 0.314 e. The number of rotatable bonds is 2. The Morgan fingerprint density at radius 3 is 2.79 bits per heavy atom. The summed E-state index contributed by atoms with van der Waals surface area (Å²) in [5.74, 6) is 0.523. The molecular weight excluding hydrogens is 182 g/mol. The van der Waals surface area contributed by atoms with Crippen LogP contribution in [0, 0.1) is 11.8 Å². The smallest absolute Gasteiger partial charge is 0.314 e. The zero-order valence-electron chi connectivity index (χ0n) is 7.64. The third-order valence-electron chi connectivity index (χ3n) is 3.68. The van der Waals surface area contributed by atoms with Gasteiger partial charge in [-0.05, 0) is 31.1 Å². The van der Waals surface area contributed by atoms with E-state index in [0.717, 1.165) is 18.4 Å². The van der Waals surface area contributed by atoms with Crippen molar-refractivity contribution in [3.05, 3.63) is 18.0 Å². The van der Waals surface area contributed by atoms with Gasteiger partial charge in [-0.1, -0.05) is 5.16 Å². The van der Waals surface area contributed by atoms with E-state index >= 15 is 0 Å². The summed E-state index contributed by atoms with van der Waals surface area (Å²) in [4.78, 5) is 11.3. The van der Waals surface area contributed by atoms with Gasteiger partial charge in [0.15, 0.2) is 0 Å². The van der Waals surface area contributed by atoms with Crippen LogP contribution in [0.2, 0.25) is 0 Å². The molecule has 4 heteroatoms. The summed E-state index contributed by atoms with van der Waals surface area (Å²) in [6.45, 7) is 0. The number of aromatic nitrogens is 1. The van der Waals surface area contributed by atoms with Crippen LogP contribution in [-0.4, -0.2) is 16.2 Å². The largest absolute Gasteiger partial charge is 0.481 e. The molecule has 74 valence electrons. The summed E-state index contributed by atoms with van der Waals surface area (Å²) in [5, 5.41) is 12.9. The number of carbonyl (C=O) groups is 1. The summed E-state index contributed by atoms with van der Waals surface area (Å²) >= 11 is 0. The number of aliphatic carboxylic acids is 1. The van der Waals surface area contributed by atoms with E-state index < -0.39 is 11.4 Å². The van der Waals surface area contributed by atoms with Crippen LogP contribution in [0.1, 0.15) is 24.8 Å². The maximum atomic E-state index is 11.3. The van der Waals surface area contributed by atoms with Gasteiger partial charge in [0.2, 0.25) is 0 Å². The van der Waals surface area contributed by atoms with E-state index in [1.54, 1.807) is 6.20 Å². The summed E-state index contributed by atoms with van der Waals surface area (Å²) in [6, 6.07) is 0. The number of carboxylic acids is 1. The van der Waals surface area contributed by atoms with Gasteiger partial charge in [-0.15, -0.1) is 0 Å². The summed E-state index contributed by atoms with van der Waals surface area (Å²) < 4.78 is 4.74. The minimum Gasteiger partial charge on any atom is -0.481 e. The van der Waals surface area contributed by atoms with Crippen LogP contribution in [0.15, 0.2) is 17.0 Å². The molecule has 3 rings (SSSR count). The first-order chi connectivity index (χ1) is 6.72. The molecule has 2 atom stereocenters. The average Bonchev–Trinajstić information content (AvgIpc) is 2.68. The van der Waals surface area contributed by atoms with E-state index in [0.29, 0.717) is 11.8 Å². The highest BCUT2D eigenvalue weighted by molar-refractivity contribution is 5.82. The Morgan fingerprint density at radius 2 is 2.29 bits per heavy atom. The molecule has 2 aliphatic carbocycles. The lowest BCUT2D eigenvalue weighted by Crippen LogP contribution is -2.33. The van der Waals surface area contributed by atoms with Crippen molar-refractivity contribution in [2.75, 3.05) is 0 Å². The zero-order valence-corrected chi connectivity index (χ0v) is 7.64. The molecule has 0 saturated heterocycles. The predicted molar refractivity (Wildman–Crippen MR) is 46.6 cm³/mol. The number of hydrogen-bond donors (Lipinski definition) is 1. The number of nitrogens with zero attached hydrogens (tertiary/aromatic N) is 1. The van der Waals surface area contributed by atoms with Crippen molar-refractivity contribution in [2.24, 2.45) is 11.8 Å². The van der Waals surface area contributed by atoms with E-state index in [4.69, 9.17) is 4.52 Å². The topological polar surface area (TPSA) is 63.3 Å². The molecule has 0 spiro atoms. The van der Waals surface area contributed by atoms with Crippen LogP contribution in [0.25, 0.3) is 0 Å². The van der Waals surface area contributed by atoms with Crippen LogP contribution in [0.3, 0.4) is 0 Å². The normalized spacial score (nSPS) is 39.4. The lowest BCUT2D eigenvalue weighted by molar-refractivity contribution is -0.144. The molecule has 0 amide bonds. The van der Waals surface area contributed by atoms with Crippen LogP contribution in [0.4, 0.5) is 0 Å². The fourth-order valence-electron chi connectivity index (χ4n) is 2.76. The summed E-state index contributed by atoms with van der Waals surface area (Å²) in [7, 11) is 0. The Bertz CT molecular complexity index is 361. The Morgan fingerprint density at radius 1 is 1.57 bits per heavy atom. The van der Waals surface area contributed by atoms with E-state index in [9.17, 15) is 9.90 Å². The van der Waals surface area contributed by atoms with E-state index in [2.05, 4.69) is 5.16 Å². The highest BCUT2D eigenvalue weighted by atomic mass is 16.5. The van der Waals surface area contributed by atoms with Gasteiger partial charge in [0.25, 0.3) is 0 Å². The van der Waals surface area contributed by atoms with Gasteiger partial charge in [-0.2, -0.15) is 0 Å². The minimum absolute atomic E-state index is 0.626. The molecule has 2 saturated carbocycles. The molecule has 2 fully saturated rings. The molecule has 1 aromatic rings. The standard InChI is InChI=1S/C10H11NO3/c12-9(13)10(8-4-11-14-5-8)2-6-1-7(6)3-10/h4-7H,1-3H2,(H,12,13). The van der Waals surface area contributed by atoms with Crippen LogP contribution < -0.4 is 0 Å². The zero-order chi connectivity index (χ0) is 9.76. The molecule has 0 aliphatic heterocycles. The SMILES string of the molecule is O=C(O)C1(c2cnoc2)CC2CC2C1. The van der Waals surface area contributed by atoms with Crippen LogP contribution in [-0.2, 0) is 10.2 Å². The molecule has 4 nitrogen and oxygen atoms in total. The quantitative estimate of drug-likeness (QED) is 0.771. The fraction of sp³-hybridized carbons (Fsp3) is 0.600. The monoisotopic (exact) mass is 193 g/mol. The van der Waals surface area contributed by atoms with Gasteiger partial charge in [0, 0.05) is 5.56 Å². The Hall–Kier alpha value is -1.32. The van der Waals surface area contributed by atoms with Gasteiger partial charge >= 0.3 is 5.97 Å². The van der Waals surface area contributed by atoms with Gasteiger partial charge in [-0.25, -0.2) is 0 Å². The van der Waals surface area contributed by atoms with Crippen LogP contribution in [0.5, 0.6) is 0 Å². The molecule has 1 aromatic heterocycles. The summed E-state index contributed by atoms with van der Waals surface area (Å²) in [5.41, 5.74) is 0.0327. The maximum absolute atomic E-state index is 11.3. The van der Waals surface area contributed by atoms with E-state index in [1.807, 2.05) is 0 Å². The second-order valence-electron chi connectivity index (χ2n) is 4.46. The summed E-state index contributed by atoms with van der Waals surface area (Å²) in [6.07, 6.45) is 5.74. The third kappa shape index (κ3) is 0.882. The number of carboxylic acid groups (broad SMARTS) is 1. The molecule has 14 heavy (non-hydrogen) atoms. The number of fused-ring (bicyclic) bond motifs is 1. The molecular formula is C10H11NO3. The lowest BCUT2D eigenvalue weighted by atomic mass is 9.78. The highest BCUT2D eigenvalue weighted by Gasteiger charge is 2.58. The molecule has 1 heterocycles. The molecule has 0 radical (unpaired) electrons. The van der Waals surface area contributed by atoms with Crippen molar-refractivity contribution in [3.8, 4) is 0 Å².